The maximum atomic E-state index is 5.90. The molecular formula is C22H22BrN7O. The molecule has 0 fully saturated rings. The van der Waals surface area contributed by atoms with Gasteiger partial charge in [-0.25, -0.2) is 0 Å². The Labute approximate surface area is 188 Å². The topological polar surface area (TPSA) is 105 Å². The van der Waals surface area contributed by atoms with E-state index in [1.165, 1.54) is 11.3 Å². The number of nitrogens with two attached hydrogens (primary N) is 1. The van der Waals surface area contributed by atoms with Gasteiger partial charge in [-0.3, -0.25) is 5.10 Å². The van der Waals surface area contributed by atoms with E-state index in [-0.39, 0.29) is 12.0 Å². The monoisotopic (exact) mass is 479 g/mol. The van der Waals surface area contributed by atoms with Crippen molar-refractivity contribution < 1.29 is 4.74 Å². The number of halogens is 1. The van der Waals surface area contributed by atoms with Gasteiger partial charge in [0.1, 0.15) is 11.6 Å². The highest BCUT2D eigenvalue weighted by atomic mass is 79.9. The number of rotatable bonds is 5. The molecule has 1 aliphatic heterocycles. The predicted octanol–water partition coefficient (Wildman–Crippen LogP) is 3.75. The second kappa shape index (κ2) is 8.07. The molecule has 3 heterocycles. The predicted molar refractivity (Wildman–Crippen MR) is 125 cm³/mol. The molecule has 8 nitrogen and oxygen atoms in total. The second-order valence-electron chi connectivity index (χ2n) is 7.57. The number of benzene rings is 2. The Morgan fingerprint density at radius 2 is 2.13 bits per heavy atom. The number of nitrogens with one attached hydrogen (secondary N) is 2. The van der Waals surface area contributed by atoms with Crippen molar-refractivity contribution in [2.24, 2.45) is 0 Å². The zero-order chi connectivity index (χ0) is 21.4. The minimum Gasteiger partial charge on any atom is -0.496 e. The van der Waals surface area contributed by atoms with Crippen LogP contribution in [0.4, 0.5) is 17.5 Å². The molecule has 9 heteroatoms. The smallest absolute Gasteiger partial charge is 0.224 e. The number of hydrogen-bond donors (Lipinski definition) is 3. The molecular weight excluding hydrogens is 458 g/mol. The standard InChI is InChI=1S/C22H22BrN7O/c1-31-19-7-6-15(23)8-14(19)11-30-12-16(9-13-4-2-3-5-18(13)30)26-20-17-10-25-29-21(17)28-22(24)27-20/h2-8,10,16H,9,11-12H2,1H3,(H4,24,25,26,27,28,29). The van der Waals surface area contributed by atoms with Crippen molar-refractivity contribution in [2.45, 2.75) is 19.0 Å². The van der Waals surface area contributed by atoms with Crippen LogP contribution in [0.2, 0.25) is 0 Å². The number of hydrogen-bond acceptors (Lipinski definition) is 7. The normalized spacial score (nSPS) is 15.7. The van der Waals surface area contributed by atoms with Crippen LogP contribution in [-0.4, -0.2) is 39.9 Å². The number of nitrogens with zero attached hydrogens (tertiary/aromatic N) is 4. The first-order valence-electron chi connectivity index (χ1n) is 9.99. The average molecular weight is 480 g/mol. The van der Waals surface area contributed by atoms with Crippen LogP contribution in [0.3, 0.4) is 0 Å². The summed E-state index contributed by atoms with van der Waals surface area (Å²) in [6.07, 6.45) is 2.60. The van der Waals surface area contributed by atoms with Crippen molar-refractivity contribution in [2.75, 3.05) is 29.6 Å². The third-order valence-corrected chi connectivity index (χ3v) is 6.00. The Balaban J connectivity index is 1.47. The fraction of sp³-hybridized carbons (Fsp3) is 0.227. The minimum atomic E-state index is 0.139. The number of ether oxygens (including phenoxy) is 1. The molecule has 0 radical (unpaired) electrons. The van der Waals surface area contributed by atoms with Gasteiger partial charge in [-0.15, -0.1) is 0 Å². The molecule has 2 aromatic carbocycles. The third kappa shape index (κ3) is 3.88. The zero-order valence-corrected chi connectivity index (χ0v) is 18.6. The van der Waals surface area contributed by atoms with Gasteiger partial charge in [0.05, 0.1) is 18.7 Å². The van der Waals surface area contributed by atoms with E-state index in [1.807, 2.05) is 12.1 Å². The van der Waals surface area contributed by atoms with Crippen LogP contribution < -0.4 is 20.7 Å². The summed E-state index contributed by atoms with van der Waals surface area (Å²) >= 11 is 3.58. The number of aromatic nitrogens is 4. The van der Waals surface area contributed by atoms with Gasteiger partial charge in [0.2, 0.25) is 5.95 Å². The Kier molecular flexibility index (Phi) is 5.11. The Morgan fingerprint density at radius 1 is 1.26 bits per heavy atom. The van der Waals surface area contributed by atoms with Crippen molar-refractivity contribution in [1.82, 2.24) is 20.2 Å². The SMILES string of the molecule is COc1ccc(Br)cc1CN1CC(Nc2nc(N)nc3[nH]ncc23)Cc2ccccc21. The van der Waals surface area contributed by atoms with E-state index in [0.717, 1.165) is 40.7 Å². The summed E-state index contributed by atoms with van der Waals surface area (Å²) in [5.41, 5.74) is 10.2. The van der Waals surface area contributed by atoms with E-state index in [2.05, 4.69) is 76.6 Å². The molecule has 4 aromatic rings. The number of nitrogen functional groups attached to an aromatic ring is 1. The van der Waals surface area contributed by atoms with E-state index in [4.69, 9.17) is 10.5 Å². The van der Waals surface area contributed by atoms with E-state index >= 15 is 0 Å². The summed E-state index contributed by atoms with van der Waals surface area (Å²) < 4.78 is 6.63. The largest absolute Gasteiger partial charge is 0.496 e. The quantitative estimate of drug-likeness (QED) is 0.400. The number of aromatic amines is 1. The van der Waals surface area contributed by atoms with Crippen molar-refractivity contribution in [3.8, 4) is 5.75 Å². The zero-order valence-electron chi connectivity index (χ0n) is 17.0. The molecule has 1 unspecified atom stereocenters. The summed E-state index contributed by atoms with van der Waals surface area (Å²) in [5, 5.41) is 11.3. The summed E-state index contributed by atoms with van der Waals surface area (Å²) in [7, 11) is 1.71. The van der Waals surface area contributed by atoms with E-state index in [9.17, 15) is 0 Å². The number of H-pyrrole nitrogens is 1. The first kappa shape index (κ1) is 19.6. The number of methoxy groups -OCH3 is 1. The van der Waals surface area contributed by atoms with Crippen LogP contribution >= 0.6 is 15.9 Å². The van der Waals surface area contributed by atoms with Crippen LogP contribution in [0, 0.1) is 0 Å². The number of para-hydroxylation sites is 1. The lowest BCUT2D eigenvalue weighted by molar-refractivity contribution is 0.408. The highest BCUT2D eigenvalue weighted by Crippen LogP contribution is 2.33. The van der Waals surface area contributed by atoms with Crippen LogP contribution in [0.15, 0.2) is 53.1 Å². The van der Waals surface area contributed by atoms with Crippen molar-refractivity contribution in [3.63, 3.8) is 0 Å². The molecule has 5 rings (SSSR count). The number of anilines is 3. The highest BCUT2D eigenvalue weighted by molar-refractivity contribution is 9.10. The summed E-state index contributed by atoms with van der Waals surface area (Å²) in [4.78, 5) is 11.0. The molecule has 1 atom stereocenters. The van der Waals surface area contributed by atoms with Gasteiger partial charge in [-0.1, -0.05) is 34.1 Å². The van der Waals surface area contributed by atoms with Crippen LogP contribution in [0.5, 0.6) is 5.75 Å². The van der Waals surface area contributed by atoms with Gasteiger partial charge >= 0.3 is 0 Å². The Hall–Kier alpha value is -3.33. The van der Waals surface area contributed by atoms with Gasteiger partial charge in [0, 0.05) is 34.9 Å². The lowest BCUT2D eigenvalue weighted by Gasteiger charge is -2.37. The van der Waals surface area contributed by atoms with Gasteiger partial charge in [-0.05, 0) is 36.2 Å². The fourth-order valence-corrected chi connectivity index (χ4v) is 4.57. The molecule has 1 aliphatic rings. The second-order valence-corrected chi connectivity index (χ2v) is 8.49. The Bertz CT molecular complexity index is 1240. The Morgan fingerprint density at radius 3 is 3.00 bits per heavy atom. The highest BCUT2D eigenvalue weighted by Gasteiger charge is 2.26. The molecule has 4 N–H and O–H groups in total. The third-order valence-electron chi connectivity index (χ3n) is 5.51. The molecule has 2 aromatic heterocycles. The molecule has 0 saturated carbocycles. The molecule has 31 heavy (non-hydrogen) atoms. The molecule has 0 bridgehead atoms. The molecule has 0 saturated heterocycles. The van der Waals surface area contributed by atoms with Crippen molar-refractivity contribution in [1.29, 1.82) is 0 Å². The summed E-state index contributed by atoms with van der Waals surface area (Å²) in [6.45, 7) is 1.53. The average Bonchev–Trinajstić information content (AvgIpc) is 3.23. The first-order chi connectivity index (χ1) is 15.1. The maximum Gasteiger partial charge on any atom is 0.224 e. The molecule has 0 spiro atoms. The number of fused-ring (bicyclic) bond motifs is 2. The summed E-state index contributed by atoms with van der Waals surface area (Å²) in [6, 6.07) is 14.7. The fourth-order valence-electron chi connectivity index (χ4n) is 4.16. The minimum absolute atomic E-state index is 0.139. The maximum absolute atomic E-state index is 5.90. The lowest BCUT2D eigenvalue weighted by Crippen LogP contribution is -2.42. The van der Waals surface area contributed by atoms with Gasteiger partial charge in [0.25, 0.3) is 0 Å². The van der Waals surface area contributed by atoms with E-state index in [1.54, 1.807) is 13.3 Å². The van der Waals surface area contributed by atoms with Gasteiger partial charge in [-0.2, -0.15) is 15.1 Å². The van der Waals surface area contributed by atoms with Gasteiger partial charge < -0.3 is 20.7 Å². The molecule has 158 valence electrons. The van der Waals surface area contributed by atoms with Crippen LogP contribution in [-0.2, 0) is 13.0 Å². The summed E-state index contributed by atoms with van der Waals surface area (Å²) in [5.74, 6) is 1.78. The van der Waals surface area contributed by atoms with Gasteiger partial charge in [0.15, 0.2) is 5.65 Å². The molecule has 0 aliphatic carbocycles. The van der Waals surface area contributed by atoms with Crippen LogP contribution in [0.1, 0.15) is 11.1 Å². The first-order valence-corrected chi connectivity index (χ1v) is 10.8. The lowest BCUT2D eigenvalue weighted by atomic mass is 9.97. The van der Waals surface area contributed by atoms with E-state index < -0.39 is 0 Å². The van der Waals surface area contributed by atoms with Crippen molar-refractivity contribution >= 4 is 44.4 Å². The van der Waals surface area contributed by atoms with E-state index in [0.29, 0.717) is 11.5 Å². The van der Waals surface area contributed by atoms with Crippen LogP contribution in [0.25, 0.3) is 11.0 Å². The molecule has 0 amide bonds. The van der Waals surface area contributed by atoms with Crippen molar-refractivity contribution in [3.05, 3.63) is 64.3 Å².